The molecular formula is C10H14Cl2. The van der Waals surface area contributed by atoms with Gasteiger partial charge in [0.2, 0.25) is 0 Å². The Morgan fingerprint density at radius 3 is 2.17 bits per heavy atom. The smallest absolute Gasteiger partial charge is 0.0618 e. The molecule has 0 N–H and O–H groups in total. The fourth-order valence-electron chi connectivity index (χ4n) is 0.877. The van der Waals surface area contributed by atoms with E-state index in [4.69, 9.17) is 23.2 Å². The average molecular weight is 205 g/mol. The third-order valence-corrected chi connectivity index (χ3v) is 2.15. The minimum Gasteiger partial charge on any atom is -0.0987 e. The summed E-state index contributed by atoms with van der Waals surface area (Å²) in [5, 5.41) is 0.910. The Morgan fingerprint density at radius 1 is 1.42 bits per heavy atom. The van der Waals surface area contributed by atoms with Crippen LogP contribution in [0.5, 0.6) is 0 Å². The zero-order valence-corrected chi connectivity index (χ0v) is 9.04. The minimum atomic E-state index is 0.382. The summed E-state index contributed by atoms with van der Waals surface area (Å²) >= 11 is 11.6. The van der Waals surface area contributed by atoms with Crippen molar-refractivity contribution in [2.45, 2.75) is 20.3 Å². The number of hydrogen-bond donors (Lipinski definition) is 0. The van der Waals surface area contributed by atoms with E-state index in [1.807, 2.05) is 0 Å². The van der Waals surface area contributed by atoms with Crippen molar-refractivity contribution in [2.24, 2.45) is 5.92 Å². The van der Waals surface area contributed by atoms with Gasteiger partial charge in [0, 0.05) is 0 Å². The van der Waals surface area contributed by atoms with Crippen LogP contribution in [0.15, 0.2) is 34.9 Å². The highest BCUT2D eigenvalue weighted by molar-refractivity contribution is 6.44. The van der Waals surface area contributed by atoms with Crippen molar-refractivity contribution in [1.29, 1.82) is 0 Å². The molecule has 0 aliphatic rings. The average Bonchev–Trinajstić information content (AvgIpc) is 1.98. The van der Waals surface area contributed by atoms with Crippen LogP contribution >= 0.6 is 23.2 Å². The Hall–Kier alpha value is -0.200. The summed E-state index contributed by atoms with van der Waals surface area (Å²) in [6, 6.07) is 0. The van der Waals surface area contributed by atoms with Gasteiger partial charge in [0.15, 0.2) is 0 Å². The number of hydrogen-bond acceptors (Lipinski definition) is 0. The molecular weight excluding hydrogens is 191 g/mol. The summed E-state index contributed by atoms with van der Waals surface area (Å²) in [4.78, 5) is 0. The van der Waals surface area contributed by atoms with Crippen molar-refractivity contribution in [2.75, 3.05) is 0 Å². The molecule has 68 valence electrons. The first-order valence-electron chi connectivity index (χ1n) is 3.84. The molecule has 12 heavy (non-hydrogen) atoms. The van der Waals surface area contributed by atoms with Crippen LogP contribution in [0.4, 0.5) is 0 Å². The molecule has 0 atom stereocenters. The normalized spacial score (nSPS) is 12.8. The molecule has 0 saturated heterocycles. The monoisotopic (exact) mass is 204 g/mol. The molecule has 2 heteroatoms. The largest absolute Gasteiger partial charge is 0.0987 e. The van der Waals surface area contributed by atoms with Gasteiger partial charge in [0.05, 0.1) is 10.1 Å². The van der Waals surface area contributed by atoms with Gasteiger partial charge < -0.3 is 0 Å². The summed E-state index contributed by atoms with van der Waals surface area (Å²) in [5.41, 5.74) is 0.965. The number of allylic oxidation sites excluding steroid dienone is 4. The first-order chi connectivity index (χ1) is 5.49. The van der Waals surface area contributed by atoms with Crippen LogP contribution in [0, 0.1) is 5.92 Å². The summed E-state index contributed by atoms with van der Waals surface area (Å²) in [6.45, 7) is 11.5. The molecule has 0 spiro atoms. The molecule has 0 aromatic rings. The van der Waals surface area contributed by atoms with E-state index in [0.29, 0.717) is 16.0 Å². The molecule has 0 bridgehead atoms. The molecule has 0 rings (SSSR count). The van der Waals surface area contributed by atoms with Crippen LogP contribution in [0.2, 0.25) is 0 Å². The Morgan fingerprint density at radius 2 is 1.92 bits per heavy atom. The fourth-order valence-corrected chi connectivity index (χ4v) is 1.15. The number of rotatable bonds is 4. The first-order valence-corrected chi connectivity index (χ1v) is 4.60. The lowest BCUT2D eigenvalue weighted by molar-refractivity contribution is 0.649. The third-order valence-electron chi connectivity index (χ3n) is 1.39. The van der Waals surface area contributed by atoms with Crippen molar-refractivity contribution < 1.29 is 0 Å². The Bertz CT molecular complexity index is 212. The van der Waals surface area contributed by atoms with Gasteiger partial charge in [-0.15, -0.1) is 0 Å². The zero-order chi connectivity index (χ0) is 9.72. The highest BCUT2D eigenvalue weighted by Crippen LogP contribution is 2.25. The molecule has 0 saturated carbocycles. The van der Waals surface area contributed by atoms with E-state index in [2.05, 4.69) is 27.0 Å². The van der Waals surface area contributed by atoms with E-state index in [9.17, 15) is 0 Å². The maximum atomic E-state index is 5.90. The lowest BCUT2D eigenvalue weighted by atomic mass is 10.0. The molecule has 0 aromatic heterocycles. The van der Waals surface area contributed by atoms with E-state index >= 15 is 0 Å². The topological polar surface area (TPSA) is 0 Å². The summed E-state index contributed by atoms with van der Waals surface area (Å²) in [6.07, 6.45) is 2.62. The van der Waals surface area contributed by atoms with Crippen molar-refractivity contribution in [1.82, 2.24) is 0 Å². The van der Waals surface area contributed by atoms with Gasteiger partial charge in [-0.2, -0.15) is 0 Å². The minimum absolute atomic E-state index is 0.382. The summed E-state index contributed by atoms with van der Waals surface area (Å²) in [5.74, 6) is 0.544. The fraction of sp³-hybridized carbons (Fsp3) is 0.400. The van der Waals surface area contributed by atoms with Crippen molar-refractivity contribution in [3.63, 3.8) is 0 Å². The highest BCUT2D eigenvalue weighted by atomic mass is 35.5. The van der Waals surface area contributed by atoms with Crippen molar-refractivity contribution in [3.05, 3.63) is 34.9 Å². The molecule has 0 amide bonds. The van der Waals surface area contributed by atoms with E-state index in [0.717, 1.165) is 12.0 Å². The van der Waals surface area contributed by atoms with Crippen LogP contribution in [0.1, 0.15) is 20.3 Å². The van der Waals surface area contributed by atoms with Crippen LogP contribution < -0.4 is 0 Å². The van der Waals surface area contributed by atoms with E-state index in [1.165, 1.54) is 0 Å². The maximum absolute atomic E-state index is 5.90. The molecule has 0 nitrogen and oxygen atoms in total. The summed E-state index contributed by atoms with van der Waals surface area (Å²) < 4.78 is 0. The Labute approximate surface area is 84.6 Å². The van der Waals surface area contributed by atoms with Crippen molar-refractivity contribution >= 4 is 23.2 Å². The van der Waals surface area contributed by atoms with Gasteiger partial charge in [-0.3, -0.25) is 0 Å². The van der Waals surface area contributed by atoms with Crippen LogP contribution in [-0.4, -0.2) is 0 Å². The second-order valence-corrected chi connectivity index (χ2v) is 3.88. The Kier molecular flexibility index (Phi) is 5.36. The standard InChI is InChI=1S/C10H14Cl2/c1-5-9(6-7(2)3)10(12)8(4)11/h5,7H,1,4,6H2,2-3H3/b10-9-. The molecule has 0 unspecified atom stereocenters. The first kappa shape index (κ1) is 11.8. The van der Waals surface area contributed by atoms with E-state index < -0.39 is 0 Å². The zero-order valence-electron chi connectivity index (χ0n) is 7.53. The predicted octanol–water partition coefficient (Wildman–Crippen LogP) is 4.46. The maximum Gasteiger partial charge on any atom is 0.0618 e. The van der Waals surface area contributed by atoms with Gasteiger partial charge in [-0.1, -0.05) is 56.3 Å². The lowest BCUT2D eigenvalue weighted by Gasteiger charge is -2.07. The van der Waals surface area contributed by atoms with Crippen LogP contribution in [0.3, 0.4) is 0 Å². The second kappa shape index (κ2) is 5.45. The van der Waals surface area contributed by atoms with Gasteiger partial charge in [0.25, 0.3) is 0 Å². The van der Waals surface area contributed by atoms with Gasteiger partial charge >= 0.3 is 0 Å². The van der Waals surface area contributed by atoms with Gasteiger partial charge in [-0.05, 0) is 17.9 Å². The quantitative estimate of drug-likeness (QED) is 0.594. The van der Waals surface area contributed by atoms with Gasteiger partial charge in [-0.25, -0.2) is 0 Å². The molecule has 0 heterocycles. The molecule has 0 aliphatic heterocycles. The van der Waals surface area contributed by atoms with E-state index in [1.54, 1.807) is 6.08 Å². The highest BCUT2D eigenvalue weighted by Gasteiger charge is 2.05. The predicted molar refractivity (Wildman–Crippen MR) is 57.5 cm³/mol. The van der Waals surface area contributed by atoms with E-state index in [-0.39, 0.29) is 0 Å². The van der Waals surface area contributed by atoms with Gasteiger partial charge in [0.1, 0.15) is 0 Å². The third kappa shape index (κ3) is 3.99. The Balaban J connectivity index is 4.62. The molecule has 0 fully saturated rings. The van der Waals surface area contributed by atoms with Crippen LogP contribution in [0.25, 0.3) is 0 Å². The molecule has 0 radical (unpaired) electrons. The lowest BCUT2D eigenvalue weighted by Crippen LogP contribution is -1.91. The summed E-state index contributed by atoms with van der Waals surface area (Å²) in [7, 11) is 0. The molecule has 0 aliphatic carbocycles. The second-order valence-electron chi connectivity index (χ2n) is 3.05. The van der Waals surface area contributed by atoms with Crippen LogP contribution in [-0.2, 0) is 0 Å². The molecule has 0 aromatic carbocycles. The SMILES string of the molecule is C=C/C(CC(C)C)=C(/Cl)C(=C)Cl. The van der Waals surface area contributed by atoms with Crippen molar-refractivity contribution in [3.8, 4) is 0 Å². The number of halogens is 2.